The van der Waals surface area contributed by atoms with Crippen LogP contribution in [0.25, 0.3) is 0 Å². The molecule has 0 atom stereocenters. The van der Waals surface area contributed by atoms with Crippen molar-refractivity contribution in [1.82, 2.24) is 10.6 Å². The summed E-state index contributed by atoms with van der Waals surface area (Å²) in [7, 11) is 0. The summed E-state index contributed by atoms with van der Waals surface area (Å²) in [4.78, 5) is 13.6. The van der Waals surface area contributed by atoms with Gasteiger partial charge in [0.25, 0.3) is 0 Å². The van der Waals surface area contributed by atoms with Gasteiger partial charge >= 0.3 is 0 Å². The molecular weight excluding hydrogens is 274 g/mol. The molecule has 1 fully saturated rings. The number of amides is 1. The molecular formula is C15H22ClN3O. The molecule has 1 aliphatic rings. The first-order chi connectivity index (χ1) is 9.56. The van der Waals surface area contributed by atoms with E-state index >= 15 is 0 Å². The van der Waals surface area contributed by atoms with Gasteiger partial charge in [0, 0.05) is 49.4 Å². The summed E-state index contributed by atoms with van der Waals surface area (Å²) < 4.78 is 0. The number of halogens is 1. The van der Waals surface area contributed by atoms with Crippen LogP contribution < -0.4 is 15.5 Å². The quantitative estimate of drug-likeness (QED) is 0.895. The standard InChI is InChI=1S/C15H22ClN3O/c1-11(2)18-10-12-3-4-13(9-14(12)16)19-7-5-15(20)17-6-8-19/h3-4,9,11,18H,5-8,10H2,1-2H3,(H,17,20). The Balaban J connectivity index is 2.06. The summed E-state index contributed by atoms with van der Waals surface area (Å²) in [6.45, 7) is 7.26. The molecule has 0 radical (unpaired) electrons. The molecule has 2 rings (SSSR count). The van der Waals surface area contributed by atoms with Crippen LogP contribution in [0.2, 0.25) is 5.02 Å². The highest BCUT2D eigenvalue weighted by molar-refractivity contribution is 6.31. The van der Waals surface area contributed by atoms with Crippen LogP contribution in [0.5, 0.6) is 0 Å². The monoisotopic (exact) mass is 295 g/mol. The van der Waals surface area contributed by atoms with Gasteiger partial charge in [-0.2, -0.15) is 0 Å². The zero-order valence-electron chi connectivity index (χ0n) is 12.1. The fourth-order valence-electron chi connectivity index (χ4n) is 2.22. The Morgan fingerprint density at radius 1 is 1.40 bits per heavy atom. The first-order valence-electron chi connectivity index (χ1n) is 7.09. The summed E-state index contributed by atoms with van der Waals surface area (Å²) in [5.41, 5.74) is 2.19. The SMILES string of the molecule is CC(C)NCc1ccc(N2CCNC(=O)CC2)cc1Cl. The minimum atomic E-state index is 0.122. The first-order valence-corrected chi connectivity index (χ1v) is 7.47. The number of carbonyl (C=O) groups excluding carboxylic acids is 1. The van der Waals surface area contributed by atoms with Crippen molar-refractivity contribution in [2.75, 3.05) is 24.5 Å². The van der Waals surface area contributed by atoms with Crippen LogP contribution in [0.1, 0.15) is 25.8 Å². The van der Waals surface area contributed by atoms with E-state index in [-0.39, 0.29) is 5.91 Å². The second-order valence-corrected chi connectivity index (χ2v) is 5.81. The van der Waals surface area contributed by atoms with Crippen molar-refractivity contribution >= 4 is 23.2 Å². The molecule has 5 heteroatoms. The largest absolute Gasteiger partial charge is 0.369 e. The molecule has 0 unspecified atom stereocenters. The van der Waals surface area contributed by atoms with Gasteiger partial charge in [0.15, 0.2) is 0 Å². The zero-order valence-corrected chi connectivity index (χ0v) is 12.8. The lowest BCUT2D eigenvalue weighted by molar-refractivity contribution is -0.120. The van der Waals surface area contributed by atoms with Crippen LogP contribution in [-0.4, -0.2) is 31.6 Å². The second-order valence-electron chi connectivity index (χ2n) is 5.40. The third kappa shape index (κ3) is 4.12. The summed E-state index contributed by atoms with van der Waals surface area (Å²) in [5, 5.41) is 7.02. The zero-order chi connectivity index (χ0) is 14.5. The van der Waals surface area contributed by atoms with Crippen molar-refractivity contribution in [2.45, 2.75) is 32.9 Å². The maximum atomic E-state index is 11.4. The lowest BCUT2D eigenvalue weighted by Gasteiger charge is -2.22. The van der Waals surface area contributed by atoms with E-state index in [4.69, 9.17) is 11.6 Å². The average molecular weight is 296 g/mol. The topological polar surface area (TPSA) is 44.4 Å². The van der Waals surface area contributed by atoms with E-state index in [1.54, 1.807) is 0 Å². The lowest BCUT2D eigenvalue weighted by atomic mass is 10.1. The predicted molar refractivity (Wildman–Crippen MR) is 83.3 cm³/mol. The molecule has 1 amide bonds. The van der Waals surface area contributed by atoms with E-state index in [0.29, 0.717) is 19.0 Å². The van der Waals surface area contributed by atoms with Gasteiger partial charge in [0.1, 0.15) is 0 Å². The fraction of sp³-hybridized carbons (Fsp3) is 0.533. The highest BCUT2D eigenvalue weighted by atomic mass is 35.5. The molecule has 1 heterocycles. The van der Waals surface area contributed by atoms with Crippen molar-refractivity contribution in [1.29, 1.82) is 0 Å². The van der Waals surface area contributed by atoms with Crippen molar-refractivity contribution in [2.24, 2.45) is 0 Å². The smallest absolute Gasteiger partial charge is 0.221 e. The Morgan fingerprint density at radius 2 is 2.20 bits per heavy atom. The first kappa shape index (κ1) is 15.1. The number of benzene rings is 1. The molecule has 1 aliphatic heterocycles. The van der Waals surface area contributed by atoms with Gasteiger partial charge < -0.3 is 15.5 Å². The van der Waals surface area contributed by atoms with Crippen molar-refractivity contribution in [3.63, 3.8) is 0 Å². The van der Waals surface area contributed by atoms with E-state index in [1.165, 1.54) is 0 Å². The molecule has 0 saturated carbocycles. The molecule has 20 heavy (non-hydrogen) atoms. The molecule has 0 aliphatic carbocycles. The Bertz CT molecular complexity index is 476. The summed E-state index contributed by atoms with van der Waals surface area (Å²) in [6.07, 6.45) is 0.536. The highest BCUT2D eigenvalue weighted by Gasteiger charge is 2.14. The fourth-order valence-corrected chi connectivity index (χ4v) is 2.46. The van der Waals surface area contributed by atoms with Gasteiger partial charge in [-0.1, -0.05) is 31.5 Å². The number of carbonyl (C=O) groups is 1. The summed E-state index contributed by atoms with van der Waals surface area (Å²) >= 11 is 6.35. The molecule has 110 valence electrons. The summed E-state index contributed by atoms with van der Waals surface area (Å²) in [6, 6.07) is 6.58. The summed E-state index contributed by atoms with van der Waals surface area (Å²) in [5.74, 6) is 0.122. The number of nitrogens with one attached hydrogen (secondary N) is 2. The number of rotatable bonds is 4. The Hall–Kier alpha value is -1.26. The molecule has 1 aromatic carbocycles. The number of anilines is 1. The number of hydrogen-bond acceptors (Lipinski definition) is 3. The van der Waals surface area contributed by atoms with Gasteiger partial charge in [0.2, 0.25) is 5.91 Å². The van der Waals surface area contributed by atoms with Crippen molar-refractivity contribution in [3.05, 3.63) is 28.8 Å². The van der Waals surface area contributed by atoms with Gasteiger partial charge in [-0.15, -0.1) is 0 Å². The van der Waals surface area contributed by atoms with Gasteiger partial charge in [0.05, 0.1) is 0 Å². The molecule has 0 aromatic heterocycles. The maximum Gasteiger partial charge on any atom is 0.221 e. The van der Waals surface area contributed by atoms with Crippen molar-refractivity contribution in [3.8, 4) is 0 Å². The van der Waals surface area contributed by atoms with Crippen LogP contribution >= 0.6 is 11.6 Å². The third-order valence-electron chi connectivity index (χ3n) is 3.42. The third-order valence-corrected chi connectivity index (χ3v) is 3.77. The lowest BCUT2D eigenvalue weighted by Crippen LogP contribution is -2.28. The Kier molecular flexibility index (Phi) is 5.26. The molecule has 0 bridgehead atoms. The normalized spacial score (nSPS) is 16.2. The predicted octanol–water partition coefficient (Wildman–Crippen LogP) is 2.16. The van der Waals surface area contributed by atoms with Crippen LogP contribution in [0.15, 0.2) is 18.2 Å². The van der Waals surface area contributed by atoms with Crippen molar-refractivity contribution < 1.29 is 4.79 Å². The van der Waals surface area contributed by atoms with Gasteiger partial charge in [-0.05, 0) is 17.7 Å². The van der Waals surface area contributed by atoms with E-state index < -0.39 is 0 Å². The number of hydrogen-bond donors (Lipinski definition) is 2. The van der Waals surface area contributed by atoms with E-state index in [2.05, 4.69) is 41.5 Å². The molecule has 2 N–H and O–H groups in total. The Labute approximate surface area is 125 Å². The Morgan fingerprint density at radius 3 is 2.90 bits per heavy atom. The molecule has 1 saturated heterocycles. The second kappa shape index (κ2) is 6.95. The van der Waals surface area contributed by atoms with E-state index in [9.17, 15) is 4.79 Å². The van der Waals surface area contributed by atoms with Crippen LogP contribution in [-0.2, 0) is 11.3 Å². The maximum absolute atomic E-state index is 11.4. The minimum absolute atomic E-state index is 0.122. The average Bonchev–Trinajstić information content (AvgIpc) is 2.62. The van der Waals surface area contributed by atoms with Crippen LogP contribution in [0.4, 0.5) is 5.69 Å². The van der Waals surface area contributed by atoms with Gasteiger partial charge in [-0.3, -0.25) is 4.79 Å². The molecule has 1 aromatic rings. The molecule has 4 nitrogen and oxygen atoms in total. The highest BCUT2D eigenvalue weighted by Crippen LogP contribution is 2.24. The van der Waals surface area contributed by atoms with Gasteiger partial charge in [-0.25, -0.2) is 0 Å². The molecule has 0 spiro atoms. The number of nitrogens with zero attached hydrogens (tertiary/aromatic N) is 1. The van der Waals surface area contributed by atoms with E-state index in [1.807, 2.05) is 6.07 Å². The van der Waals surface area contributed by atoms with Crippen LogP contribution in [0.3, 0.4) is 0 Å². The van der Waals surface area contributed by atoms with Crippen LogP contribution in [0, 0.1) is 0 Å². The van der Waals surface area contributed by atoms with E-state index in [0.717, 1.165) is 35.9 Å². The minimum Gasteiger partial charge on any atom is -0.369 e.